The van der Waals surface area contributed by atoms with Gasteiger partial charge in [0, 0.05) is 36.3 Å². The largest absolute Gasteiger partial charge is 0.435 e. The molecule has 0 radical (unpaired) electrons. The van der Waals surface area contributed by atoms with Gasteiger partial charge in [0.15, 0.2) is 10.8 Å². The second-order valence-electron chi connectivity index (χ2n) is 6.54. The maximum Gasteiger partial charge on any atom is 0.435 e. The van der Waals surface area contributed by atoms with Gasteiger partial charge in [-0.05, 0) is 55.2 Å². The summed E-state index contributed by atoms with van der Waals surface area (Å²) in [5, 5.41) is 11.1. The molecule has 1 heterocycles. The SMILES string of the molecule is FC(F)(F)c1cc(C2CC2)n(CCCNC(=S)NCc2ccc(Cl)cc2)n1. The second-order valence-corrected chi connectivity index (χ2v) is 7.38. The lowest BCUT2D eigenvalue weighted by atomic mass is 10.2. The van der Waals surface area contributed by atoms with Crippen LogP contribution in [0.3, 0.4) is 0 Å². The third kappa shape index (κ3) is 5.84. The van der Waals surface area contributed by atoms with E-state index < -0.39 is 11.9 Å². The number of alkyl halides is 3. The van der Waals surface area contributed by atoms with Crippen molar-refractivity contribution in [1.29, 1.82) is 0 Å². The van der Waals surface area contributed by atoms with Gasteiger partial charge in [-0.25, -0.2) is 0 Å². The lowest BCUT2D eigenvalue weighted by molar-refractivity contribution is -0.141. The number of aryl methyl sites for hydroxylation is 1. The number of aromatic nitrogens is 2. The number of benzene rings is 1. The van der Waals surface area contributed by atoms with Crippen molar-refractivity contribution in [3.8, 4) is 0 Å². The van der Waals surface area contributed by atoms with Crippen molar-refractivity contribution in [2.75, 3.05) is 6.54 Å². The summed E-state index contributed by atoms with van der Waals surface area (Å²) in [6.07, 6.45) is -1.92. The molecule has 146 valence electrons. The van der Waals surface area contributed by atoms with Gasteiger partial charge < -0.3 is 10.6 Å². The summed E-state index contributed by atoms with van der Waals surface area (Å²) in [5.74, 6) is 0.212. The monoisotopic (exact) mass is 416 g/mol. The Labute approximate surface area is 166 Å². The molecule has 0 unspecified atom stereocenters. The Balaban J connectivity index is 1.42. The third-order valence-corrected chi connectivity index (χ3v) is 4.84. The molecule has 0 atom stereocenters. The van der Waals surface area contributed by atoms with Crippen LogP contribution in [0.5, 0.6) is 0 Å². The molecule has 1 fully saturated rings. The molecule has 1 aliphatic rings. The highest BCUT2D eigenvalue weighted by Crippen LogP contribution is 2.42. The maximum absolute atomic E-state index is 12.9. The molecule has 1 aliphatic carbocycles. The van der Waals surface area contributed by atoms with Crippen LogP contribution in [0.4, 0.5) is 13.2 Å². The highest BCUT2D eigenvalue weighted by atomic mass is 35.5. The highest BCUT2D eigenvalue weighted by Gasteiger charge is 2.37. The number of rotatable bonds is 7. The molecule has 27 heavy (non-hydrogen) atoms. The molecule has 0 spiro atoms. The maximum atomic E-state index is 12.9. The van der Waals surface area contributed by atoms with Gasteiger partial charge in [-0.2, -0.15) is 18.3 Å². The molecule has 1 aromatic heterocycles. The third-order valence-electron chi connectivity index (χ3n) is 4.30. The van der Waals surface area contributed by atoms with E-state index in [1.807, 2.05) is 24.3 Å². The molecule has 0 aliphatic heterocycles. The summed E-state index contributed by atoms with van der Waals surface area (Å²) in [6, 6.07) is 8.63. The van der Waals surface area contributed by atoms with E-state index in [1.54, 1.807) is 0 Å². The molecule has 3 rings (SSSR count). The van der Waals surface area contributed by atoms with Crippen LogP contribution in [-0.4, -0.2) is 21.4 Å². The summed E-state index contributed by atoms with van der Waals surface area (Å²) in [4.78, 5) is 0. The number of hydrogen-bond acceptors (Lipinski definition) is 2. The van der Waals surface area contributed by atoms with Gasteiger partial charge in [0.05, 0.1) is 0 Å². The molecule has 0 amide bonds. The Morgan fingerprint density at radius 3 is 2.56 bits per heavy atom. The van der Waals surface area contributed by atoms with E-state index in [4.69, 9.17) is 23.8 Å². The average molecular weight is 417 g/mol. The zero-order chi connectivity index (χ0) is 19.4. The zero-order valence-electron chi connectivity index (χ0n) is 14.5. The number of thiocarbonyl (C=S) groups is 1. The first-order valence-corrected chi connectivity index (χ1v) is 9.52. The number of nitrogens with zero attached hydrogens (tertiary/aromatic N) is 2. The van der Waals surface area contributed by atoms with Crippen LogP contribution >= 0.6 is 23.8 Å². The van der Waals surface area contributed by atoms with E-state index >= 15 is 0 Å². The highest BCUT2D eigenvalue weighted by molar-refractivity contribution is 7.80. The molecule has 2 aromatic rings. The summed E-state index contributed by atoms with van der Waals surface area (Å²) in [6.45, 7) is 1.55. The van der Waals surface area contributed by atoms with E-state index in [9.17, 15) is 13.2 Å². The van der Waals surface area contributed by atoms with Gasteiger partial charge >= 0.3 is 6.18 Å². The summed E-state index contributed by atoms with van der Waals surface area (Å²) in [5.41, 5.74) is 0.928. The number of halogens is 4. The van der Waals surface area contributed by atoms with E-state index in [0.29, 0.717) is 41.9 Å². The molecule has 2 N–H and O–H groups in total. The Morgan fingerprint density at radius 1 is 1.22 bits per heavy atom. The molecule has 0 bridgehead atoms. The Kier molecular flexibility index (Phi) is 6.26. The van der Waals surface area contributed by atoms with Gasteiger partial charge in [-0.1, -0.05) is 23.7 Å². The fourth-order valence-corrected chi connectivity index (χ4v) is 3.03. The van der Waals surface area contributed by atoms with Crippen LogP contribution in [-0.2, 0) is 19.3 Å². The fraction of sp³-hybridized carbons (Fsp3) is 0.444. The Hall–Kier alpha value is -1.80. The van der Waals surface area contributed by atoms with Crippen LogP contribution in [0.25, 0.3) is 0 Å². The lowest BCUT2D eigenvalue weighted by Crippen LogP contribution is -2.35. The van der Waals surface area contributed by atoms with E-state index in [1.165, 1.54) is 10.7 Å². The lowest BCUT2D eigenvalue weighted by Gasteiger charge is -2.11. The minimum Gasteiger partial charge on any atom is -0.363 e. The van der Waals surface area contributed by atoms with Gasteiger partial charge in [0.1, 0.15) is 0 Å². The van der Waals surface area contributed by atoms with Gasteiger partial charge in [0.2, 0.25) is 0 Å². The van der Waals surface area contributed by atoms with Gasteiger partial charge in [-0.15, -0.1) is 0 Å². The van der Waals surface area contributed by atoms with Crippen molar-refractivity contribution in [3.05, 3.63) is 52.3 Å². The van der Waals surface area contributed by atoms with Crippen molar-refractivity contribution in [2.45, 2.75) is 44.4 Å². The van der Waals surface area contributed by atoms with E-state index in [0.717, 1.165) is 18.4 Å². The first kappa shape index (κ1) is 19.9. The van der Waals surface area contributed by atoms with Crippen molar-refractivity contribution < 1.29 is 13.2 Å². The molecular formula is C18H20ClF3N4S. The van der Waals surface area contributed by atoms with Crippen LogP contribution < -0.4 is 10.6 Å². The first-order chi connectivity index (χ1) is 12.8. The standard InChI is InChI=1S/C18H20ClF3N4S/c19-14-6-2-12(3-7-14)11-24-17(27)23-8-1-9-26-15(13-4-5-13)10-16(25-26)18(20,21)22/h2-3,6-7,10,13H,1,4-5,8-9,11H2,(H2,23,24,27). The van der Waals surface area contributed by atoms with Crippen molar-refractivity contribution in [2.24, 2.45) is 0 Å². The van der Waals surface area contributed by atoms with Crippen LogP contribution in [0.1, 0.15) is 42.1 Å². The van der Waals surface area contributed by atoms with Crippen molar-refractivity contribution >= 4 is 28.9 Å². The average Bonchev–Trinajstić information content (AvgIpc) is 3.36. The molecule has 1 aromatic carbocycles. The number of hydrogen-bond donors (Lipinski definition) is 2. The molecular weight excluding hydrogens is 397 g/mol. The predicted molar refractivity (Wildman–Crippen MR) is 103 cm³/mol. The molecule has 9 heteroatoms. The van der Waals surface area contributed by atoms with Crippen molar-refractivity contribution in [3.63, 3.8) is 0 Å². The Bertz CT molecular complexity index is 785. The summed E-state index contributed by atoms with van der Waals surface area (Å²) in [7, 11) is 0. The Morgan fingerprint density at radius 2 is 1.93 bits per heavy atom. The second kappa shape index (κ2) is 8.48. The van der Waals surface area contributed by atoms with Gasteiger partial charge in [0.25, 0.3) is 0 Å². The van der Waals surface area contributed by atoms with E-state index in [-0.39, 0.29) is 5.92 Å². The quantitative estimate of drug-likeness (QED) is 0.515. The number of nitrogens with one attached hydrogen (secondary N) is 2. The van der Waals surface area contributed by atoms with Crippen LogP contribution in [0.15, 0.2) is 30.3 Å². The zero-order valence-corrected chi connectivity index (χ0v) is 16.1. The normalized spacial score (nSPS) is 14.2. The van der Waals surface area contributed by atoms with Crippen LogP contribution in [0.2, 0.25) is 5.02 Å². The molecule has 4 nitrogen and oxygen atoms in total. The smallest absolute Gasteiger partial charge is 0.363 e. The predicted octanol–water partition coefficient (Wildman–Crippen LogP) is 4.49. The first-order valence-electron chi connectivity index (χ1n) is 8.74. The van der Waals surface area contributed by atoms with E-state index in [2.05, 4.69) is 15.7 Å². The van der Waals surface area contributed by atoms with Gasteiger partial charge in [-0.3, -0.25) is 4.68 Å². The van der Waals surface area contributed by atoms with Crippen molar-refractivity contribution in [1.82, 2.24) is 20.4 Å². The molecule has 0 saturated heterocycles. The summed E-state index contributed by atoms with van der Waals surface area (Å²) >= 11 is 11.1. The molecule has 1 saturated carbocycles. The topological polar surface area (TPSA) is 41.9 Å². The summed E-state index contributed by atoms with van der Waals surface area (Å²) < 4.78 is 40.1. The fourth-order valence-electron chi connectivity index (χ4n) is 2.73. The van der Waals surface area contributed by atoms with Crippen LogP contribution in [0, 0.1) is 0 Å². The minimum atomic E-state index is -4.40. The minimum absolute atomic E-state index is 0.212.